The molecule has 0 spiro atoms. The molecule has 0 bridgehead atoms. The number of amides is 1. The van der Waals surface area contributed by atoms with Crippen LogP contribution in [0.15, 0.2) is 60.7 Å². The van der Waals surface area contributed by atoms with E-state index in [2.05, 4.69) is 5.32 Å². The molecule has 0 radical (unpaired) electrons. The van der Waals surface area contributed by atoms with Gasteiger partial charge < -0.3 is 19.9 Å². The summed E-state index contributed by atoms with van der Waals surface area (Å²) in [5, 5.41) is 14.5. The molecule has 2 aromatic rings. The normalized spacial score (nSPS) is 29.9. The monoisotopic (exact) mass is 383 g/mol. The lowest BCUT2D eigenvalue weighted by molar-refractivity contribution is -0.252. The number of Topliss-reactive ketones (excluding diaryl/α,β-unsaturated/α-hetero) is 1. The topological polar surface area (TPSA) is 84.9 Å². The first-order valence-corrected chi connectivity index (χ1v) is 9.20. The molecule has 2 aromatic carbocycles. The first kappa shape index (κ1) is 20.2. The van der Waals surface area contributed by atoms with E-state index in [-0.39, 0.29) is 12.3 Å². The fourth-order valence-electron chi connectivity index (χ4n) is 3.75. The van der Waals surface area contributed by atoms with Gasteiger partial charge in [0.2, 0.25) is 0 Å². The van der Waals surface area contributed by atoms with Crippen molar-refractivity contribution in [3.8, 4) is 0 Å². The Morgan fingerprint density at radius 3 is 2.14 bits per heavy atom. The molecule has 28 heavy (non-hydrogen) atoms. The first-order valence-electron chi connectivity index (χ1n) is 9.20. The van der Waals surface area contributed by atoms with Crippen LogP contribution in [0.3, 0.4) is 0 Å². The van der Waals surface area contributed by atoms with Crippen molar-refractivity contribution in [3.63, 3.8) is 0 Å². The van der Waals surface area contributed by atoms with Crippen LogP contribution >= 0.6 is 0 Å². The number of methoxy groups -OCH3 is 1. The third-order valence-electron chi connectivity index (χ3n) is 5.43. The van der Waals surface area contributed by atoms with Gasteiger partial charge in [0, 0.05) is 24.7 Å². The molecule has 6 heteroatoms. The van der Waals surface area contributed by atoms with Gasteiger partial charge in [0.25, 0.3) is 5.91 Å². The predicted octanol–water partition coefficient (Wildman–Crippen LogP) is 2.57. The maximum Gasteiger partial charge on any atom is 0.251 e. The van der Waals surface area contributed by atoms with Gasteiger partial charge in [-0.3, -0.25) is 9.59 Å². The number of ketones is 1. The summed E-state index contributed by atoms with van der Waals surface area (Å²) in [6.45, 7) is 3.26. The zero-order valence-electron chi connectivity index (χ0n) is 16.2. The van der Waals surface area contributed by atoms with Crippen LogP contribution in [0, 0.1) is 0 Å². The molecule has 1 saturated heterocycles. The van der Waals surface area contributed by atoms with E-state index in [9.17, 15) is 14.7 Å². The van der Waals surface area contributed by atoms with Crippen LogP contribution in [0.4, 0.5) is 0 Å². The van der Waals surface area contributed by atoms with Gasteiger partial charge in [-0.05, 0) is 26.0 Å². The second-order valence-electron chi connectivity index (χ2n) is 7.26. The fraction of sp³-hybridized carbons (Fsp3) is 0.364. The third kappa shape index (κ3) is 3.46. The van der Waals surface area contributed by atoms with E-state index in [1.165, 1.54) is 7.11 Å². The Labute approximate surface area is 164 Å². The van der Waals surface area contributed by atoms with E-state index in [1.54, 1.807) is 68.4 Å². The number of carbonyl (C=O) groups excluding carboxylic acids is 2. The lowest BCUT2D eigenvalue weighted by atomic mass is 9.69. The second-order valence-corrected chi connectivity index (χ2v) is 7.26. The average Bonchev–Trinajstić information content (AvgIpc) is 2.72. The maximum atomic E-state index is 13.3. The summed E-state index contributed by atoms with van der Waals surface area (Å²) in [5.41, 5.74) is -2.51. The molecule has 1 amide bonds. The summed E-state index contributed by atoms with van der Waals surface area (Å²) in [6.07, 6.45) is -1.46. The number of carbonyl (C=O) groups is 2. The standard InChI is InChI=1S/C22H25NO5/c1-15-22(26,19(24)16-10-6-4-7-11-16)21(2,14-18(27-3)28-15)23-20(25)17-12-8-5-9-13-17/h4-13,15,18,26H,14H2,1-3H3,(H,23,25). The number of rotatable bonds is 5. The fourth-order valence-corrected chi connectivity index (χ4v) is 3.75. The molecule has 1 heterocycles. The molecular weight excluding hydrogens is 358 g/mol. The van der Waals surface area contributed by atoms with Crippen molar-refractivity contribution in [3.05, 3.63) is 71.8 Å². The molecule has 0 aromatic heterocycles. The summed E-state index contributed by atoms with van der Waals surface area (Å²) in [6, 6.07) is 17.2. The molecule has 4 unspecified atom stereocenters. The summed E-state index contributed by atoms with van der Waals surface area (Å²) < 4.78 is 11.1. The average molecular weight is 383 g/mol. The molecular formula is C22H25NO5. The molecule has 0 saturated carbocycles. The summed E-state index contributed by atoms with van der Waals surface area (Å²) in [7, 11) is 1.49. The van der Waals surface area contributed by atoms with Crippen molar-refractivity contribution in [2.75, 3.05) is 7.11 Å². The second kappa shape index (κ2) is 7.83. The van der Waals surface area contributed by atoms with Crippen LogP contribution in [0.25, 0.3) is 0 Å². The van der Waals surface area contributed by atoms with E-state index in [0.29, 0.717) is 11.1 Å². The smallest absolute Gasteiger partial charge is 0.251 e. The quantitative estimate of drug-likeness (QED) is 0.775. The lowest BCUT2D eigenvalue weighted by Gasteiger charge is -2.52. The third-order valence-corrected chi connectivity index (χ3v) is 5.43. The van der Waals surface area contributed by atoms with Crippen molar-refractivity contribution in [2.24, 2.45) is 0 Å². The van der Waals surface area contributed by atoms with Gasteiger partial charge >= 0.3 is 0 Å². The zero-order valence-corrected chi connectivity index (χ0v) is 16.2. The number of nitrogens with one attached hydrogen (secondary N) is 1. The Morgan fingerprint density at radius 1 is 1.07 bits per heavy atom. The molecule has 1 aliphatic heterocycles. The molecule has 1 fully saturated rings. The highest BCUT2D eigenvalue weighted by atomic mass is 16.7. The Kier molecular flexibility index (Phi) is 5.65. The van der Waals surface area contributed by atoms with Crippen molar-refractivity contribution in [2.45, 2.75) is 43.8 Å². The highest BCUT2D eigenvalue weighted by Crippen LogP contribution is 2.40. The van der Waals surface area contributed by atoms with E-state index in [1.807, 2.05) is 6.07 Å². The SMILES string of the molecule is COC1CC(C)(NC(=O)c2ccccc2)C(O)(C(=O)c2ccccc2)C(C)O1. The molecule has 4 atom stereocenters. The minimum atomic E-state index is -1.98. The number of aliphatic hydroxyl groups is 1. The van der Waals surface area contributed by atoms with E-state index >= 15 is 0 Å². The van der Waals surface area contributed by atoms with Crippen molar-refractivity contribution in [1.29, 1.82) is 0 Å². The van der Waals surface area contributed by atoms with Gasteiger partial charge in [0.1, 0.15) is 0 Å². The summed E-state index contributed by atoms with van der Waals surface area (Å²) in [5.74, 6) is -0.891. The van der Waals surface area contributed by atoms with Crippen LogP contribution in [-0.2, 0) is 9.47 Å². The van der Waals surface area contributed by atoms with E-state index < -0.39 is 29.3 Å². The Bertz CT molecular complexity index is 841. The number of hydrogen-bond acceptors (Lipinski definition) is 5. The predicted molar refractivity (Wildman–Crippen MR) is 104 cm³/mol. The lowest BCUT2D eigenvalue weighted by Crippen LogP contribution is -2.74. The number of benzene rings is 2. The maximum absolute atomic E-state index is 13.3. The molecule has 0 aliphatic carbocycles. The van der Waals surface area contributed by atoms with Gasteiger partial charge in [-0.1, -0.05) is 48.5 Å². The number of ether oxygens (including phenoxy) is 2. The van der Waals surface area contributed by atoms with Crippen molar-refractivity contribution >= 4 is 11.7 Å². The minimum absolute atomic E-state index is 0.113. The molecule has 148 valence electrons. The number of hydrogen-bond donors (Lipinski definition) is 2. The molecule has 6 nitrogen and oxygen atoms in total. The summed E-state index contributed by atoms with van der Waals surface area (Å²) >= 11 is 0. The van der Waals surface area contributed by atoms with Gasteiger partial charge in [-0.25, -0.2) is 0 Å². The van der Waals surface area contributed by atoms with Gasteiger partial charge in [0.15, 0.2) is 17.7 Å². The van der Waals surface area contributed by atoms with E-state index in [0.717, 1.165) is 0 Å². The van der Waals surface area contributed by atoms with Crippen LogP contribution in [0.2, 0.25) is 0 Å². The first-order chi connectivity index (χ1) is 13.3. The summed E-state index contributed by atoms with van der Waals surface area (Å²) in [4.78, 5) is 26.2. The Hall–Kier alpha value is -2.54. The largest absolute Gasteiger partial charge is 0.377 e. The van der Waals surface area contributed by atoms with Crippen molar-refractivity contribution < 1.29 is 24.2 Å². The van der Waals surface area contributed by atoms with Crippen LogP contribution in [-0.4, -0.2) is 47.4 Å². The zero-order chi connectivity index (χ0) is 20.4. The molecule has 1 aliphatic rings. The van der Waals surface area contributed by atoms with Crippen LogP contribution in [0.5, 0.6) is 0 Å². The van der Waals surface area contributed by atoms with Crippen molar-refractivity contribution in [1.82, 2.24) is 5.32 Å². The van der Waals surface area contributed by atoms with Gasteiger partial charge in [-0.2, -0.15) is 0 Å². The van der Waals surface area contributed by atoms with Crippen LogP contribution < -0.4 is 5.32 Å². The Balaban J connectivity index is 2.01. The van der Waals surface area contributed by atoms with Gasteiger partial charge in [0.05, 0.1) is 11.6 Å². The highest BCUT2D eigenvalue weighted by Gasteiger charge is 2.61. The Morgan fingerprint density at radius 2 is 1.61 bits per heavy atom. The molecule has 3 rings (SSSR count). The van der Waals surface area contributed by atoms with Gasteiger partial charge in [-0.15, -0.1) is 0 Å². The highest BCUT2D eigenvalue weighted by molar-refractivity contribution is 6.05. The minimum Gasteiger partial charge on any atom is -0.377 e. The molecule has 2 N–H and O–H groups in total. The van der Waals surface area contributed by atoms with Crippen LogP contribution in [0.1, 0.15) is 41.0 Å². The van der Waals surface area contributed by atoms with E-state index in [4.69, 9.17) is 9.47 Å².